The first-order chi connectivity index (χ1) is 8.15. The van der Waals surface area contributed by atoms with Gasteiger partial charge < -0.3 is 4.74 Å². The molecule has 1 saturated carbocycles. The molecule has 0 unspecified atom stereocenters. The number of carbonyl (C=O) groups is 1. The molecule has 0 spiro atoms. The highest BCUT2D eigenvalue weighted by Crippen LogP contribution is 2.33. The fraction of sp³-hybridized carbons (Fsp3) is 0.667. The Morgan fingerprint density at radius 3 is 2.59 bits per heavy atom. The average Bonchev–Trinajstić information content (AvgIpc) is 2.66. The molecule has 1 aromatic heterocycles. The number of esters is 1. The summed E-state index contributed by atoms with van der Waals surface area (Å²) in [4.78, 5) is 25.9. The Labute approximate surface area is 99.8 Å². The predicted molar refractivity (Wildman–Crippen MR) is 63.2 cm³/mol. The number of rotatable bonds is 2. The molecule has 1 aromatic rings. The van der Waals surface area contributed by atoms with Crippen LogP contribution < -0.4 is 5.69 Å². The predicted octanol–water partition coefficient (Wildman–Crippen LogP) is 1.55. The lowest BCUT2D eigenvalue weighted by atomic mass is 9.86. The molecule has 0 aromatic carbocycles. The molecule has 1 heterocycles. The molecular formula is C12H18N2O3. The van der Waals surface area contributed by atoms with E-state index in [1.54, 1.807) is 11.6 Å². The van der Waals surface area contributed by atoms with Gasteiger partial charge in [0, 0.05) is 13.0 Å². The minimum atomic E-state index is -0.455. The summed E-state index contributed by atoms with van der Waals surface area (Å²) in [6.07, 6.45) is 5.63. The molecule has 1 N–H and O–H groups in total. The quantitative estimate of drug-likeness (QED) is 0.795. The van der Waals surface area contributed by atoms with Crippen molar-refractivity contribution in [3.8, 4) is 0 Å². The molecule has 1 aliphatic rings. The third kappa shape index (κ3) is 2.14. The maximum Gasteiger partial charge on any atom is 0.356 e. The van der Waals surface area contributed by atoms with Gasteiger partial charge in [0.05, 0.1) is 12.8 Å². The van der Waals surface area contributed by atoms with Gasteiger partial charge in [-0.2, -0.15) is 0 Å². The number of hydrogen-bond donors (Lipinski definition) is 1. The Morgan fingerprint density at radius 1 is 1.35 bits per heavy atom. The van der Waals surface area contributed by atoms with Crippen molar-refractivity contribution in [1.82, 2.24) is 9.55 Å². The van der Waals surface area contributed by atoms with Crippen LogP contribution >= 0.6 is 0 Å². The van der Waals surface area contributed by atoms with Gasteiger partial charge >= 0.3 is 11.7 Å². The van der Waals surface area contributed by atoms with Gasteiger partial charge in [0.15, 0.2) is 0 Å². The third-order valence-electron chi connectivity index (χ3n) is 3.54. The van der Waals surface area contributed by atoms with Crippen molar-refractivity contribution in [3.63, 3.8) is 0 Å². The monoisotopic (exact) mass is 238 g/mol. The Bertz CT molecular complexity index is 467. The lowest BCUT2D eigenvalue weighted by Gasteiger charge is -2.22. The van der Waals surface area contributed by atoms with Crippen LogP contribution in [0.3, 0.4) is 0 Å². The molecular weight excluding hydrogens is 220 g/mol. The van der Waals surface area contributed by atoms with E-state index in [9.17, 15) is 9.59 Å². The molecule has 94 valence electrons. The number of nitrogens with one attached hydrogen (secondary N) is 1. The minimum Gasteiger partial charge on any atom is -0.464 e. The van der Waals surface area contributed by atoms with Crippen LogP contribution in [-0.4, -0.2) is 22.6 Å². The maximum atomic E-state index is 11.6. The van der Waals surface area contributed by atoms with Crippen LogP contribution in [0.4, 0.5) is 0 Å². The zero-order valence-corrected chi connectivity index (χ0v) is 10.3. The molecule has 0 bridgehead atoms. The summed E-state index contributed by atoms with van der Waals surface area (Å²) < 4.78 is 6.26. The Morgan fingerprint density at radius 2 is 2.00 bits per heavy atom. The number of aromatic amines is 1. The first-order valence-corrected chi connectivity index (χ1v) is 6.02. The number of ether oxygens (including phenoxy) is 1. The fourth-order valence-electron chi connectivity index (χ4n) is 2.64. The molecule has 0 amide bonds. The summed E-state index contributed by atoms with van der Waals surface area (Å²) in [5.41, 5.74) is 0.888. The van der Waals surface area contributed by atoms with E-state index in [1.165, 1.54) is 13.5 Å². The smallest absolute Gasteiger partial charge is 0.356 e. The number of nitrogens with zero attached hydrogens (tertiary/aromatic N) is 1. The highest BCUT2D eigenvalue weighted by Gasteiger charge is 2.26. The average molecular weight is 238 g/mol. The number of carbonyl (C=O) groups excluding carboxylic acids is 1. The molecule has 2 rings (SSSR count). The lowest BCUT2D eigenvalue weighted by Crippen LogP contribution is -2.18. The normalized spacial score (nSPS) is 17.1. The van der Waals surface area contributed by atoms with Gasteiger partial charge in [-0.05, 0) is 12.8 Å². The molecule has 5 nitrogen and oxygen atoms in total. The van der Waals surface area contributed by atoms with Crippen LogP contribution in [0.1, 0.15) is 54.2 Å². The molecule has 0 radical (unpaired) electrons. The van der Waals surface area contributed by atoms with E-state index in [2.05, 4.69) is 4.98 Å². The van der Waals surface area contributed by atoms with E-state index in [-0.39, 0.29) is 5.69 Å². The van der Waals surface area contributed by atoms with Crippen molar-refractivity contribution in [2.75, 3.05) is 7.11 Å². The van der Waals surface area contributed by atoms with Gasteiger partial charge in [-0.3, -0.25) is 9.55 Å². The SMILES string of the molecule is COC(=O)c1[nH]c(=O)n(C)c1C1CCCCC1. The summed E-state index contributed by atoms with van der Waals surface area (Å²) in [6.45, 7) is 0. The standard InChI is InChI=1S/C12H18N2O3/c1-14-10(8-6-4-3-5-7-8)9(11(15)17-2)13-12(14)16/h8H,3-7H2,1-2H3,(H,13,16). The molecule has 0 aliphatic heterocycles. The molecule has 5 heteroatoms. The van der Waals surface area contributed by atoms with E-state index in [0.29, 0.717) is 11.6 Å². The molecule has 1 aliphatic carbocycles. The Hall–Kier alpha value is -1.52. The molecule has 17 heavy (non-hydrogen) atoms. The zero-order chi connectivity index (χ0) is 12.4. The van der Waals surface area contributed by atoms with Gasteiger partial charge in [0.2, 0.25) is 0 Å². The summed E-state index contributed by atoms with van der Waals surface area (Å²) >= 11 is 0. The van der Waals surface area contributed by atoms with Crippen molar-refractivity contribution in [3.05, 3.63) is 21.9 Å². The van der Waals surface area contributed by atoms with E-state index in [1.807, 2.05) is 0 Å². The number of imidazole rings is 1. The summed E-state index contributed by atoms with van der Waals surface area (Å²) in [6, 6.07) is 0. The van der Waals surface area contributed by atoms with Crippen molar-refractivity contribution in [1.29, 1.82) is 0 Å². The van der Waals surface area contributed by atoms with Crippen LogP contribution in [0.15, 0.2) is 4.79 Å². The van der Waals surface area contributed by atoms with Crippen molar-refractivity contribution < 1.29 is 9.53 Å². The van der Waals surface area contributed by atoms with Gasteiger partial charge in [0.25, 0.3) is 0 Å². The number of H-pyrrole nitrogens is 1. The van der Waals surface area contributed by atoms with Crippen LogP contribution in [0.2, 0.25) is 0 Å². The van der Waals surface area contributed by atoms with Crippen LogP contribution in [0.5, 0.6) is 0 Å². The first kappa shape index (κ1) is 12.0. The second-order valence-corrected chi connectivity index (χ2v) is 4.58. The van der Waals surface area contributed by atoms with Gasteiger partial charge in [-0.25, -0.2) is 9.59 Å². The topological polar surface area (TPSA) is 64.1 Å². The number of methoxy groups -OCH3 is 1. The molecule has 0 atom stereocenters. The van der Waals surface area contributed by atoms with Crippen LogP contribution in [0.25, 0.3) is 0 Å². The van der Waals surface area contributed by atoms with Crippen LogP contribution in [-0.2, 0) is 11.8 Å². The first-order valence-electron chi connectivity index (χ1n) is 6.02. The zero-order valence-electron chi connectivity index (χ0n) is 10.3. The summed E-state index contributed by atoms with van der Waals surface area (Å²) in [5, 5.41) is 0. The summed E-state index contributed by atoms with van der Waals surface area (Å²) in [5.74, 6) is -0.162. The highest BCUT2D eigenvalue weighted by atomic mass is 16.5. The number of hydrogen-bond acceptors (Lipinski definition) is 3. The second-order valence-electron chi connectivity index (χ2n) is 4.58. The van der Waals surface area contributed by atoms with E-state index in [4.69, 9.17) is 4.74 Å². The largest absolute Gasteiger partial charge is 0.464 e. The van der Waals surface area contributed by atoms with E-state index >= 15 is 0 Å². The van der Waals surface area contributed by atoms with Crippen LogP contribution in [0, 0.1) is 0 Å². The van der Waals surface area contributed by atoms with Gasteiger partial charge in [-0.1, -0.05) is 19.3 Å². The summed E-state index contributed by atoms with van der Waals surface area (Å²) in [7, 11) is 3.04. The third-order valence-corrected chi connectivity index (χ3v) is 3.54. The van der Waals surface area contributed by atoms with E-state index in [0.717, 1.165) is 31.4 Å². The second kappa shape index (κ2) is 4.77. The highest BCUT2D eigenvalue weighted by molar-refractivity contribution is 5.88. The number of aromatic nitrogens is 2. The fourth-order valence-corrected chi connectivity index (χ4v) is 2.64. The Kier molecular flexibility index (Phi) is 3.36. The van der Waals surface area contributed by atoms with Gasteiger partial charge in [-0.15, -0.1) is 0 Å². The lowest BCUT2D eigenvalue weighted by molar-refractivity contribution is 0.0592. The minimum absolute atomic E-state index is 0.244. The Balaban J connectivity index is 2.42. The van der Waals surface area contributed by atoms with Crippen molar-refractivity contribution in [2.24, 2.45) is 7.05 Å². The molecule has 1 fully saturated rings. The molecule has 0 saturated heterocycles. The van der Waals surface area contributed by atoms with E-state index < -0.39 is 5.97 Å². The van der Waals surface area contributed by atoms with Crippen molar-refractivity contribution in [2.45, 2.75) is 38.0 Å². The van der Waals surface area contributed by atoms with Crippen molar-refractivity contribution >= 4 is 5.97 Å². The van der Waals surface area contributed by atoms with Gasteiger partial charge in [0.1, 0.15) is 5.69 Å². The maximum absolute atomic E-state index is 11.6.